The van der Waals surface area contributed by atoms with Gasteiger partial charge in [-0.25, -0.2) is 0 Å². The second kappa shape index (κ2) is 18.3. The number of aliphatic hydroxyl groups excluding tert-OH is 10. The summed E-state index contributed by atoms with van der Waals surface area (Å²) in [6.45, 7) is 8.98. The van der Waals surface area contributed by atoms with Gasteiger partial charge in [-0.2, -0.15) is 0 Å². The minimum absolute atomic E-state index is 0.0238. The summed E-state index contributed by atoms with van der Waals surface area (Å²) < 4.78 is 55.7. The number of allylic oxidation sites excluding steroid dienone is 1. The highest BCUT2D eigenvalue weighted by Crippen LogP contribution is 2.71. The molecule has 10 N–H and O–H groups in total. The minimum atomic E-state index is -1.84. The summed E-state index contributed by atoms with van der Waals surface area (Å²) in [4.78, 5) is 0. The molecule has 4 aliphatic carbocycles. The van der Waals surface area contributed by atoms with E-state index in [0.717, 1.165) is 32.1 Å². The van der Waals surface area contributed by atoms with E-state index in [1.807, 2.05) is 0 Å². The molecule has 372 valence electrons. The van der Waals surface area contributed by atoms with Gasteiger partial charge in [0.25, 0.3) is 0 Å². The maximum absolute atomic E-state index is 12.4. The van der Waals surface area contributed by atoms with Gasteiger partial charge < -0.3 is 93.7 Å². The molecule has 0 radical (unpaired) electrons. The summed E-state index contributed by atoms with van der Waals surface area (Å²) >= 11 is 0. The first-order valence-electron chi connectivity index (χ1n) is 24.0. The highest BCUT2D eigenvalue weighted by Gasteiger charge is 2.72. The molecule has 0 aromatic carbocycles. The second-order valence-electron chi connectivity index (χ2n) is 21.4. The van der Waals surface area contributed by atoms with Crippen LogP contribution in [-0.2, 0) is 42.6 Å². The van der Waals surface area contributed by atoms with Gasteiger partial charge >= 0.3 is 0 Å². The zero-order valence-electron chi connectivity index (χ0n) is 38.2. The van der Waals surface area contributed by atoms with Gasteiger partial charge in [0.05, 0.1) is 37.6 Å². The van der Waals surface area contributed by atoms with Crippen LogP contribution in [0.15, 0.2) is 11.6 Å². The standard InChI is InChI=1S/C46H74O19/c1-18-9-12-46(65-40(18)57-6)19(2)30-26(64-46)14-25-23-8-7-21-13-22(10-11-44(21,4)24(23)15-29(49)45(25,30)5)59-43-39(63-41-35(54)33(52)31(50)20(3)58-41)37(56)38(28(17-48)61-43)62-42-36(55)34(53)32(51)27(16-47)60-42/h7,18-20,22-43,47-56H,8-17H2,1-6H3/t18?,19-,20-,22-,23+,24-,25-,26-,27+,28+,29+,30-,31-,32+,33+,34-,35+,36+,37-,38-,39+,40+,41-,42-,43+,44-,45+,46-/m0/s1. The first-order chi connectivity index (χ1) is 30.8. The molecule has 3 saturated carbocycles. The zero-order chi connectivity index (χ0) is 46.7. The van der Waals surface area contributed by atoms with Crippen LogP contribution >= 0.6 is 0 Å². The van der Waals surface area contributed by atoms with E-state index in [-0.39, 0.29) is 52.8 Å². The van der Waals surface area contributed by atoms with Crippen LogP contribution in [0, 0.1) is 46.3 Å². The molecule has 1 spiro atoms. The molecule has 65 heavy (non-hydrogen) atoms. The van der Waals surface area contributed by atoms with Crippen LogP contribution in [0.3, 0.4) is 0 Å². The van der Waals surface area contributed by atoms with Crippen LogP contribution in [0.2, 0.25) is 0 Å². The summed E-state index contributed by atoms with van der Waals surface area (Å²) in [6, 6.07) is 0. The summed E-state index contributed by atoms with van der Waals surface area (Å²) in [7, 11) is 1.68. The predicted molar refractivity (Wildman–Crippen MR) is 222 cm³/mol. The Morgan fingerprint density at radius 2 is 1.32 bits per heavy atom. The molecule has 0 aromatic rings. The van der Waals surface area contributed by atoms with Crippen LogP contribution in [0.4, 0.5) is 0 Å². The van der Waals surface area contributed by atoms with Crippen LogP contribution in [0.1, 0.15) is 86.0 Å². The third-order valence-electron chi connectivity index (χ3n) is 18.2. The van der Waals surface area contributed by atoms with Crippen molar-refractivity contribution in [3.8, 4) is 0 Å². The lowest BCUT2D eigenvalue weighted by Gasteiger charge is -2.60. The van der Waals surface area contributed by atoms with E-state index in [9.17, 15) is 51.1 Å². The van der Waals surface area contributed by atoms with E-state index in [2.05, 4.69) is 33.8 Å². The highest BCUT2D eigenvalue weighted by molar-refractivity contribution is 5.27. The monoisotopic (exact) mass is 930 g/mol. The fraction of sp³-hybridized carbons (Fsp3) is 0.957. The SMILES string of the molecule is CO[C@@H]1O[C@]2(CCC1C)O[C@H]1C[C@H]3[C@@H]4CC=C5C[C@@H](O[C@@H]6O[C@H](CO)[C@H](O[C@@H]7O[C@H](CO)[C@@H](O)[C@H](O)[C@H]7O)[C@H](O)[C@H]6O[C@@H]6O[C@@H](C)[C@H](O)[C@@H](O)[C@H]6O)CC[C@]5(C)[C@H]4C[C@@H](O)[C@]3(C)[C@H]1[C@@H]2C. The molecule has 0 amide bonds. The molecule has 19 nitrogen and oxygen atoms in total. The minimum Gasteiger partial charge on any atom is -0.394 e. The molecule has 0 bridgehead atoms. The van der Waals surface area contributed by atoms with Gasteiger partial charge in [0.2, 0.25) is 0 Å². The molecular weight excluding hydrogens is 856 g/mol. The average Bonchev–Trinajstić information content (AvgIpc) is 3.74. The first-order valence-corrected chi connectivity index (χ1v) is 24.0. The third kappa shape index (κ3) is 7.92. The van der Waals surface area contributed by atoms with Crippen LogP contribution in [-0.4, -0.2) is 194 Å². The molecule has 28 atom stereocenters. The van der Waals surface area contributed by atoms with Gasteiger partial charge in [0, 0.05) is 36.7 Å². The van der Waals surface area contributed by atoms with Gasteiger partial charge in [-0.3, -0.25) is 0 Å². The second-order valence-corrected chi connectivity index (χ2v) is 21.4. The number of rotatable bonds is 9. The van der Waals surface area contributed by atoms with Crippen molar-refractivity contribution in [2.24, 2.45) is 46.3 Å². The van der Waals surface area contributed by atoms with Crippen molar-refractivity contribution in [2.75, 3.05) is 20.3 Å². The Bertz CT molecular complexity index is 1710. The van der Waals surface area contributed by atoms with Gasteiger partial charge in [0.1, 0.15) is 67.1 Å². The van der Waals surface area contributed by atoms with Crippen molar-refractivity contribution in [3.05, 3.63) is 11.6 Å². The van der Waals surface area contributed by atoms with Crippen molar-refractivity contribution in [2.45, 2.75) is 208 Å². The van der Waals surface area contributed by atoms with Gasteiger partial charge in [0.15, 0.2) is 30.9 Å². The van der Waals surface area contributed by atoms with Crippen LogP contribution < -0.4 is 0 Å². The maximum Gasteiger partial charge on any atom is 0.187 e. The van der Waals surface area contributed by atoms with E-state index < -0.39 is 123 Å². The van der Waals surface area contributed by atoms with Crippen molar-refractivity contribution < 1.29 is 93.7 Å². The molecule has 5 aliphatic heterocycles. The first kappa shape index (κ1) is 49.0. The number of aliphatic hydroxyl groups is 10. The fourth-order valence-electron chi connectivity index (χ4n) is 14.3. The Balaban J connectivity index is 0.926. The smallest absolute Gasteiger partial charge is 0.187 e. The molecule has 0 aromatic heterocycles. The zero-order valence-corrected chi connectivity index (χ0v) is 38.2. The quantitative estimate of drug-likeness (QED) is 0.126. The Morgan fingerprint density at radius 1 is 0.662 bits per heavy atom. The van der Waals surface area contributed by atoms with Crippen molar-refractivity contribution in [3.63, 3.8) is 0 Å². The lowest BCUT2D eigenvalue weighted by atomic mass is 9.46. The van der Waals surface area contributed by atoms with Gasteiger partial charge in [-0.15, -0.1) is 0 Å². The molecule has 9 aliphatic rings. The summed E-state index contributed by atoms with van der Waals surface area (Å²) in [5.41, 5.74) is 0.615. The normalized spacial score (nSPS) is 57.8. The topological polar surface area (TPSA) is 285 Å². The Kier molecular flexibility index (Phi) is 13.8. The van der Waals surface area contributed by atoms with E-state index in [1.165, 1.54) is 12.5 Å². The number of ether oxygens (including phenoxy) is 9. The molecule has 9 rings (SSSR count). The van der Waals surface area contributed by atoms with Gasteiger partial charge in [-0.05, 0) is 75.0 Å². The number of hydrogen-bond acceptors (Lipinski definition) is 19. The predicted octanol–water partition coefficient (Wildman–Crippen LogP) is -0.843. The highest BCUT2D eigenvalue weighted by atomic mass is 16.8. The lowest BCUT2D eigenvalue weighted by molar-refractivity contribution is -0.389. The average molecular weight is 931 g/mol. The molecule has 19 heteroatoms. The number of methoxy groups -OCH3 is 1. The van der Waals surface area contributed by atoms with E-state index >= 15 is 0 Å². The summed E-state index contributed by atoms with van der Waals surface area (Å²) in [5.74, 6) is 0.562. The van der Waals surface area contributed by atoms with E-state index in [0.29, 0.717) is 25.2 Å². The molecule has 8 fully saturated rings. The Labute approximate surface area is 379 Å². The van der Waals surface area contributed by atoms with Gasteiger partial charge in [-0.1, -0.05) is 39.3 Å². The van der Waals surface area contributed by atoms with Crippen molar-refractivity contribution in [1.82, 2.24) is 0 Å². The molecule has 5 saturated heterocycles. The Morgan fingerprint density at radius 3 is 2.02 bits per heavy atom. The summed E-state index contributed by atoms with van der Waals surface area (Å²) in [6.07, 6.45) is -16.5. The van der Waals surface area contributed by atoms with E-state index in [1.54, 1.807) is 7.11 Å². The number of fused-ring (bicyclic) bond motifs is 7. The van der Waals surface area contributed by atoms with Crippen molar-refractivity contribution in [1.29, 1.82) is 0 Å². The Hall–Kier alpha value is -1.02. The number of hydrogen-bond donors (Lipinski definition) is 10. The molecule has 1 unspecified atom stereocenters. The van der Waals surface area contributed by atoms with Crippen LogP contribution in [0.5, 0.6) is 0 Å². The summed E-state index contributed by atoms with van der Waals surface area (Å²) in [5, 5.41) is 108. The maximum atomic E-state index is 12.4. The lowest BCUT2D eigenvalue weighted by Crippen LogP contribution is -2.67. The fourth-order valence-corrected chi connectivity index (χ4v) is 14.3. The molecule has 5 heterocycles. The van der Waals surface area contributed by atoms with Crippen LogP contribution in [0.25, 0.3) is 0 Å². The van der Waals surface area contributed by atoms with Crippen molar-refractivity contribution >= 4 is 0 Å². The largest absolute Gasteiger partial charge is 0.394 e. The molecular formula is C46H74O19. The third-order valence-corrected chi connectivity index (χ3v) is 18.2. The van der Waals surface area contributed by atoms with E-state index in [4.69, 9.17) is 42.6 Å².